The number of likely N-dealkylation sites (N-methyl/N-ethyl adjacent to an activating group) is 1. The van der Waals surface area contributed by atoms with Crippen molar-refractivity contribution in [1.82, 2.24) is 15.1 Å². The molecule has 0 bridgehead atoms. The minimum Gasteiger partial charge on any atom is -0.339 e. The number of carbonyl (C=O) groups excluding carboxylic acids is 1. The van der Waals surface area contributed by atoms with Crippen LogP contribution in [0.15, 0.2) is 54.6 Å². The molecule has 0 atom stereocenters. The van der Waals surface area contributed by atoms with Crippen molar-refractivity contribution in [2.75, 3.05) is 39.8 Å². The van der Waals surface area contributed by atoms with Gasteiger partial charge in [-0.1, -0.05) is 54.6 Å². The Bertz CT molecular complexity index is 758. The van der Waals surface area contributed by atoms with Crippen molar-refractivity contribution in [2.24, 2.45) is 0 Å². The number of nitrogens with zero attached hydrogens (tertiary/aromatic N) is 2. The molecule has 1 saturated heterocycles. The number of fused-ring (bicyclic) bond motifs is 1. The Morgan fingerprint density at radius 1 is 1.00 bits per heavy atom. The molecule has 142 valence electrons. The van der Waals surface area contributed by atoms with Gasteiger partial charge >= 0.3 is 0 Å². The highest BCUT2D eigenvalue weighted by Crippen LogP contribution is 2.36. The summed E-state index contributed by atoms with van der Waals surface area (Å²) in [6.07, 6.45) is 2.60. The maximum Gasteiger partial charge on any atom is 0.243 e. The highest BCUT2D eigenvalue weighted by Gasteiger charge is 2.48. The Morgan fingerprint density at radius 2 is 1.59 bits per heavy atom. The van der Waals surface area contributed by atoms with Gasteiger partial charge in [-0.3, -0.25) is 9.69 Å². The molecular formula is C23H29N3O. The van der Waals surface area contributed by atoms with E-state index in [0.717, 1.165) is 52.0 Å². The molecule has 27 heavy (non-hydrogen) atoms. The summed E-state index contributed by atoms with van der Waals surface area (Å²) in [5.41, 5.74) is 3.53. The highest BCUT2D eigenvalue weighted by molar-refractivity contribution is 5.88. The molecule has 0 radical (unpaired) electrons. The largest absolute Gasteiger partial charge is 0.339 e. The van der Waals surface area contributed by atoms with Gasteiger partial charge in [0, 0.05) is 45.6 Å². The van der Waals surface area contributed by atoms with E-state index in [1.54, 1.807) is 0 Å². The summed E-state index contributed by atoms with van der Waals surface area (Å²) in [6.45, 7) is 4.29. The fraction of sp³-hybridized carbons (Fsp3) is 0.435. The van der Waals surface area contributed by atoms with Crippen LogP contribution in [0.3, 0.4) is 0 Å². The lowest BCUT2D eigenvalue weighted by Gasteiger charge is -2.42. The molecule has 4 heteroatoms. The summed E-state index contributed by atoms with van der Waals surface area (Å²) in [5.74, 6) is 0.302. The van der Waals surface area contributed by atoms with E-state index in [2.05, 4.69) is 76.8 Å². The lowest BCUT2D eigenvalue weighted by molar-refractivity contribution is -0.144. The van der Waals surface area contributed by atoms with E-state index in [4.69, 9.17) is 0 Å². The van der Waals surface area contributed by atoms with Gasteiger partial charge in [-0.05, 0) is 30.2 Å². The van der Waals surface area contributed by atoms with Gasteiger partial charge in [0.05, 0.1) is 0 Å². The smallest absolute Gasteiger partial charge is 0.243 e. The van der Waals surface area contributed by atoms with Gasteiger partial charge in [0.2, 0.25) is 5.91 Å². The van der Waals surface area contributed by atoms with Crippen LogP contribution in [0.2, 0.25) is 0 Å². The summed E-state index contributed by atoms with van der Waals surface area (Å²) < 4.78 is 0. The molecule has 1 N–H and O–H groups in total. The summed E-state index contributed by atoms with van der Waals surface area (Å²) in [5, 5.41) is 3.36. The Kier molecular flexibility index (Phi) is 5.28. The standard InChI is InChI=1S/C23H29N3O/c1-25(14-11-19-7-3-2-4-8-19)23(22(27)26-15-12-24-13-16-26)17-20-9-5-6-10-21(20)18-23/h2-10,24H,11-18H2,1H3. The Hall–Kier alpha value is -2.17. The second kappa shape index (κ2) is 7.83. The molecule has 0 unspecified atom stereocenters. The second-order valence-electron chi connectivity index (χ2n) is 7.85. The van der Waals surface area contributed by atoms with Crippen LogP contribution in [-0.4, -0.2) is 61.0 Å². The molecule has 1 amide bonds. The summed E-state index contributed by atoms with van der Waals surface area (Å²) in [4.78, 5) is 18.1. The third-order valence-corrected chi connectivity index (χ3v) is 6.20. The second-order valence-corrected chi connectivity index (χ2v) is 7.85. The van der Waals surface area contributed by atoms with Crippen LogP contribution in [0.5, 0.6) is 0 Å². The molecule has 0 aromatic heterocycles. The van der Waals surface area contributed by atoms with Crippen LogP contribution in [0, 0.1) is 0 Å². The first-order valence-corrected chi connectivity index (χ1v) is 10.0. The molecule has 4 nitrogen and oxygen atoms in total. The predicted molar refractivity (Wildman–Crippen MR) is 109 cm³/mol. The molecule has 4 rings (SSSR count). The zero-order valence-corrected chi connectivity index (χ0v) is 16.2. The van der Waals surface area contributed by atoms with Gasteiger partial charge in [0.1, 0.15) is 5.54 Å². The van der Waals surface area contributed by atoms with E-state index < -0.39 is 5.54 Å². The van der Waals surface area contributed by atoms with E-state index >= 15 is 0 Å². The SMILES string of the molecule is CN(CCc1ccccc1)C1(C(=O)N2CCNCC2)Cc2ccccc2C1. The average molecular weight is 364 g/mol. The van der Waals surface area contributed by atoms with Gasteiger partial charge < -0.3 is 10.2 Å². The number of rotatable bonds is 5. The van der Waals surface area contributed by atoms with E-state index in [9.17, 15) is 4.79 Å². The predicted octanol–water partition coefficient (Wildman–Crippen LogP) is 2.13. The van der Waals surface area contributed by atoms with Crippen LogP contribution in [0.25, 0.3) is 0 Å². The van der Waals surface area contributed by atoms with Crippen molar-refractivity contribution in [3.8, 4) is 0 Å². The zero-order chi connectivity index (χ0) is 18.7. The van der Waals surface area contributed by atoms with Gasteiger partial charge in [-0.15, -0.1) is 0 Å². The summed E-state index contributed by atoms with van der Waals surface area (Å²) in [6, 6.07) is 19.1. The van der Waals surface area contributed by atoms with Gasteiger partial charge in [0.15, 0.2) is 0 Å². The molecule has 2 aromatic rings. The maximum absolute atomic E-state index is 13.7. The first-order valence-electron chi connectivity index (χ1n) is 10.0. The average Bonchev–Trinajstić information content (AvgIpc) is 3.14. The van der Waals surface area contributed by atoms with Crippen LogP contribution in [0.4, 0.5) is 0 Å². The molecule has 0 spiro atoms. The monoisotopic (exact) mass is 363 g/mol. The number of hydrogen-bond acceptors (Lipinski definition) is 3. The molecule has 1 aliphatic heterocycles. The molecular weight excluding hydrogens is 334 g/mol. The van der Waals surface area contributed by atoms with E-state index in [1.807, 2.05) is 0 Å². The maximum atomic E-state index is 13.7. The zero-order valence-electron chi connectivity index (χ0n) is 16.2. The highest BCUT2D eigenvalue weighted by atomic mass is 16.2. The van der Waals surface area contributed by atoms with Crippen molar-refractivity contribution in [2.45, 2.75) is 24.8 Å². The van der Waals surface area contributed by atoms with Crippen molar-refractivity contribution < 1.29 is 4.79 Å². The first kappa shape index (κ1) is 18.2. The van der Waals surface area contributed by atoms with Gasteiger partial charge in [0.25, 0.3) is 0 Å². The number of benzene rings is 2. The van der Waals surface area contributed by atoms with Crippen molar-refractivity contribution >= 4 is 5.91 Å². The van der Waals surface area contributed by atoms with Crippen LogP contribution < -0.4 is 5.32 Å². The minimum absolute atomic E-state index is 0.302. The fourth-order valence-electron chi connectivity index (χ4n) is 4.50. The van der Waals surface area contributed by atoms with Crippen LogP contribution in [0.1, 0.15) is 16.7 Å². The lowest BCUT2D eigenvalue weighted by Crippen LogP contribution is -2.62. The van der Waals surface area contributed by atoms with Crippen LogP contribution >= 0.6 is 0 Å². The van der Waals surface area contributed by atoms with Crippen molar-refractivity contribution in [3.05, 3.63) is 71.3 Å². The molecule has 2 aliphatic rings. The minimum atomic E-state index is -0.449. The fourth-order valence-corrected chi connectivity index (χ4v) is 4.50. The van der Waals surface area contributed by atoms with E-state index in [1.165, 1.54) is 16.7 Å². The Labute approximate surface area is 162 Å². The van der Waals surface area contributed by atoms with E-state index in [-0.39, 0.29) is 0 Å². The number of nitrogens with one attached hydrogen (secondary N) is 1. The number of carbonyl (C=O) groups is 1. The van der Waals surface area contributed by atoms with Crippen LogP contribution in [-0.2, 0) is 24.1 Å². The number of amides is 1. The normalized spacial score (nSPS) is 18.5. The topological polar surface area (TPSA) is 35.6 Å². The number of piperazine rings is 1. The molecule has 1 heterocycles. The quantitative estimate of drug-likeness (QED) is 0.884. The van der Waals surface area contributed by atoms with Crippen molar-refractivity contribution in [1.29, 1.82) is 0 Å². The van der Waals surface area contributed by atoms with Crippen molar-refractivity contribution in [3.63, 3.8) is 0 Å². The van der Waals surface area contributed by atoms with Gasteiger partial charge in [-0.2, -0.15) is 0 Å². The van der Waals surface area contributed by atoms with Gasteiger partial charge in [-0.25, -0.2) is 0 Å². The molecule has 2 aromatic carbocycles. The summed E-state index contributed by atoms with van der Waals surface area (Å²) >= 11 is 0. The first-order chi connectivity index (χ1) is 13.2. The lowest BCUT2D eigenvalue weighted by atomic mass is 9.90. The summed E-state index contributed by atoms with van der Waals surface area (Å²) in [7, 11) is 2.13. The Balaban J connectivity index is 1.57. The third kappa shape index (κ3) is 3.64. The molecule has 0 saturated carbocycles. The number of hydrogen-bond donors (Lipinski definition) is 1. The molecule has 1 aliphatic carbocycles. The molecule has 1 fully saturated rings. The third-order valence-electron chi connectivity index (χ3n) is 6.20. The van der Waals surface area contributed by atoms with E-state index in [0.29, 0.717) is 5.91 Å². The Morgan fingerprint density at radius 3 is 2.22 bits per heavy atom.